The third kappa shape index (κ3) is 5.68. The van der Waals surface area contributed by atoms with Gasteiger partial charge in [0.15, 0.2) is 0 Å². The van der Waals surface area contributed by atoms with Crippen molar-refractivity contribution in [2.24, 2.45) is 0 Å². The van der Waals surface area contributed by atoms with Crippen molar-refractivity contribution in [1.29, 1.82) is 0 Å². The van der Waals surface area contributed by atoms with Crippen molar-refractivity contribution in [2.75, 3.05) is 42.1 Å². The minimum atomic E-state index is -0.182. The van der Waals surface area contributed by atoms with Crippen LogP contribution in [0.4, 0.5) is 16.2 Å². The Morgan fingerprint density at radius 3 is 2.70 bits per heavy atom. The Labute approximate surface area is 200 Å². The quantitative estimate of drug-likeness (QED) is 0.680. The molecule has 2 aliphatic heterocycles. The Bertz CT molecular complexity index is 1010. The standard InChI is InChI=1S/C25H33N5O2S/c1-17-16-18(2)27-24-22(17)30(14-15-33-24)25(32)28-21-9-7-20(8-10-21)23(31)26-11-13-29-12-5-4-6-19(29)3/h7-10,16,19H,4-6,11-15H2,1-3H3,(H,26,31)(H,28,32). The molecule has 2 aromatic rings. The van der Waals surface area contributed by atoms with Gasteiger partial charge in [0.25, 0.3) is 5.91 Å². The summed E-state index contributed by atoms with van der Waals surface area (Å²) < 4.78 is 0. The van der Waals surface area contributed by atoms with E-state index in [9.17, 15) is 9.59 Å². The molecule has 0 spiro atoms. The van der Waals surface area contributed by atoms with Gasteiger partial charge in [0.1, 0.15) is 5.03 Å². The third-order valence-electron chi connectivity index (χ3n) is 6.37. The van der Waals surface area contributed by atoms with Gasteiger partial charge in [-0.2, -0.15) is 0 Å². The second-order valence-electron chi connectivity index (χ2n) is 8.88. The maximum atomic E-state index is 13.0. The van der Waals surface area contributed by atoms with E-state index in [4.69, 9.17) is 0 Å². The number of piperidine rings is 1. The van der Waals surface area contributed by atoms with Crippen molar-refractivity contribution in [1.82, 2.24) is 15.2 Å². The van der Waals surface area contributed by atoms with Crippen LogP contribution < -0.4 is 15.5 Å². The molecule has 1 unspecified atom stereocenters. The van der Waals surface area contributed by atoms with Crippen molar-refractivity contribution in [3.8, 4) is 0 Å². The fraction of sp³-hybridized carbons (Fsp3) is 0.480. The molecule has 3 heterocycles. The highest BCUT2D eigenvalue weighted by Crippen LogP contribution is 2.36. The van der Waals surface area contributed by atoms with Crippen LogP contribution in [0.2, 0.25) is 0 Å². The first-order chi connectivity index (χ1) is 15.9. The highest BCUT2D eigenvalue weighted by molar-refractivity contribution is 7.99. The molecule has 0 radical (unpaired) electrons. The average molecular weight is 468 g/mol. The summed E-state index contributed by atoms with van der Waals surface area (Å²) in [5.74, 6) is 0.725. The molecule has 3 amide bonds. The second-order valence-corrected chi connectivity index (χ2v) is 9.96. The Kier molecular flexibility index (Phi) is 7.55. The summed E-state index contributed by atoms with van der Waals surface area (Å²) in [4.78, 5) is 34.3. The topological polar surface area (TPSA) is 77.6 Å². The predicted octanol–water partition coefficient (Wildman–Crippen LogP) is 4.45. The Morgan fingerprint density at radius 1 is 1.15 bits per heavy atom. The van der Waals surface area contributed by atoms with Crippen LogP contribution >= 0.6 is 11.8 Å². The SMILES string of the molecule is Cc1cc(C)c2c(n1)SCCN2C(=O)Nc1ccc(C(=O)NCCN2CCCCC2C)cc1. The largest absolute Gasteiger partial charge is 0.351 e. The zero-order valence-electron chi connectivity index (χ0n) is 19.7. The van der Waals surface area contributed by atoms with E-state index in [2.05, 4.69) is 27.4 Å². The second kappa shape index (κ2) is 10.6. The number of likely N-dealkylation sites (tertiary alicyclic amines) is 1. The van der Waals surface area contributed by atoms with Gasteiger partial charge in [-0.05, 0) is 76.1 Å². The molecule has 176 valence electrons. The number of nitrogens with one attached hydrogen (secondary N) is 2. The van der Waals surface area contributed by atoms with Gasteiger partial charge in [-0.3, -0.25) is 14.6 Å². The number of pyridine rings is 1. The highest BCUT2D eigenvalue weighted by Gasteiger charge is 2.26. The molecule has 1 aromatic carbocycles. The number of hydrogen-bond donors (Lipinski definition) is 2. The van der Waals surface area contributed by atoms with Crippen LogP contribution in [-0.4, -0.2) is 59.8 Å². The van der Waals surface area contributed by atoms with Crippen LogP contribution in [0, 0.1) is 13.8 Å². The van der Waals surface area contributed by atoms with Crippen molar-refractivity contribution < 1.29 is 9.59 Å². The number of benzene rings is 1. The smallest absolute Gasteiger partial charge is 0.326 e. The number of urea groups is 1. The zero-order chi connectivity index (χ0) is 23.4. The van der Waals surface area contributed by atoms with Gasteiger partial charge >= 0.3 is 6.03 Å². The lowest BCUT2D eigenvalue weighted by atomic mass is 10.0. The highest BCUT2D eigenvalue weighted by atomic mass is 32.2. The molecule has 2 aliphatic rings. The van der Waals surface area contributed by atoms with E-state index in [1.807, 2.05) is 19.9 Å². The Morgan fingerprint density at radius 2 is 1.94 bits per heavy atom. The summed E-state index contributed by atoms with van der Waals surface area (Å²) in [7, 11) is 0. The van der Waals surface area contributed by atoms with Crippen LogP contribution in [0.15, 0.2) is 35.4 Å². The van der Waals surface area contributed by atoms with Crippen LogP contribution in [0.3, 0.4) is 0 Å². The van der Waals surface area contributed by atoms with Gasteiger partial charge in [0.05, 0.1) is 5.69 Å². The van der Waals surface area contributed by atoms with E-state index < -0.39 is 0 Å². The minimum absolute atomic E-state index is 0.0865. The summed E-state index contributed by atoms with van der Waals surface area (Å²) in [6.45, 7) is 9.50. The lowest BCUT2D eigenvalue weighted by Gasteiger charge is -2.33. The third-order valence-corrected chi connectivity index (χ3v) is 7.32. The number of carbonyl (C=O) groups excluding carboxylic acids is 2. The van der Waals surface area contributed by atoms with E-state index in [-0.39, 0.29) is 11.9 Å². The molecule has 0 aliphatic carbocycles. The number of hydrogen-bond acceptors (Lipinski definition) is 5. The molecular weight excluding hydrogens is 434 g/mol. The molecule has 4 rings (SSSR count). The van der Waals surface area contributed by atoms with Crippen molar-refractivity contribution in [2.45, 2.75) is 51.1 Å². The number of thioether (sulfide) groups is 1. The van der Waals surface area contributed by atoms with Gasteiger partial charge in [0, 0.05) is 48.4 Å². The fourth-order valence-corrected chi connectivity index (χ4v) is 5.66. The summed E-state index contributed by atoms with van der Waals surface area (Å²) >= 11 is 1.68. The van der Waals surface area contributed by atoms with Crippen molar-refractivity contribution in [3.63, 3.8) is 0 Å². The number of amides is 3. The fourth-order valence-electron chi connectivity index (χ4n) is 4.57. The molecule has 2 N–H and O–H groups in total. The lowest BCUT2D eigenvalue weighted by Crippen LogP contribution is -2.42. The van der Waals surface area contributed by atoms with Gasteiger partial charge in [-0.15, -0.1) is 11.8 Å². The molecule has 1 saturated heterocycles. The number of aromatic nitrogens is 1. The number of nitrogens with zero attached hydrogens (tertiary/aromatic N) is 3. The lowest BCUT2D eigenvalue weighted by molar-refractivity contribution is 0.0938. The first-order valence-corrected chi connectivity index (χ1v) is 12.7. The van der Waals surface area contributed by atoms with Gasteiger partial charge in [-0.25, -0.2) is 9.78 Å². The van der Waals surface area contributed by atoms with E-state index in [1.165, 1.54) is 19.3 Å². The zero-order valence-corrected chi connectivity index (χ0v) is 20.5. The molecule has 1 fully saturated rings. The maximum Gasteiger partial charge on any atom is 0.326 e. The monoisotopic (exact) mass is 467 g/mol. The number of aryl methyl sites for hydroxylation is 2. The molecule has 0 bridgehead atoms. The van der Waals surface area contributed by atoms with Crippen LogP contribution in [0.5, 0.6) is 0 Å². The number of fused-ring (bicyclic) bond motifs is 1. The van der Waals surface area contributed by atoms with Gasteiger partial charge in [0.2, 0.25) is 0 Å². The Balaban J connectivity index is 1.32. The maximum absolute atomic E-state index is 13.0. The number of carbonyl (C=O) groups is 2. The molecule has 1 atom stereocenters. The average Bonchev–Trinajstić information content (AvgIpc) is 2.80. The van der Waals surface area contributed by atoms with Crippen LogP contribution in [0.25, 0.3) is 0 Å². The number of anilines is 2. The molecular formula is C25H33N5O2S. The van der Waals surface area contributed by atoms with E-state index in [0.717, 1.165) is 40.8 Å². The predicted molar refractivity (Wildman–Crippen MR) is 134 cm³/mol. The number of rotatable bonds is 5. The van der Waals surface area contributed by atoms with Crippen molar-refractivity contribution in [3.05, 3.63) is 47.2 Å². The summed E-state index contributed by atoms with van der Waals surface area (Å²) in [5, 5.41) is 6.88. The van der Waals surface area contributed by atoms with E-state index in [0.29, 0.717) is 30.4 Å². The summed E-state index contributed by atoms with van der Waals surface area (Å²) in [5.41, 5.74) is 4.14. The summed E-state index contributed by atoms with van der Waals surface area (Å²) in [6, 6.07) is 9.48. The Hall–Kier alpha value is -2.58. The molecule has 1 aromatic heterocycles. The molecule has 8 heteroatoms. The normalized spacial score (nSPS) is 18.5. The van der Waals surface area contributed by atoms with E-state index >= 15 is 0 Å². The molecule has 7 nitrogen and oxygen atoms in total. The molecule has 33 heavy (non-hydrogen) atoms. The first-order valence-electron chi connectivity index (χ1n) is 11.7. The van der Waals surface area contributed by atoms with Crippen LogP contribution in [-0.2, 0) is 0 Å². The minimum Gasteiger partial charge on any atom is -0.351 e. The molecule has 0 saturated carbocycles. The van der Waals surface area contributed by atoms with Gasteiger partial charge < -0.3 is 10.6 Å². The van der Waals surface area contributed by atoms with Crippen LogP contribution in [0.1, 0.15) is 47.8 Å². The first kappa shape index (κ1) is 23.6. The summed E-state index contributed by atoms with van der Waals surface area (Å²) in [6.07, 6.45) is 3.77. The van der Waals surface area contributed by atoms with E-state index in [1.54, 1.807) is 40.9 Å². The van der Waals surface area contributed by atoms with Gasteiger partial charge in [-0.1, -0.05) is 6.42 Å². The van der Waals surface area contributed by atoms with Crippen molar-refractivity contribution >= 4 is 35.1 Å².